The summed E-state index contributed by atoms with van der Waals surface area (Å²) in [6.07, 6.45) is 8.17. The molecule has 4 saturated carbocycles. The minimum atomic E-state index is -0.346. The molecule has 4 bridgehead atoms. The number of nitrogens with zero attached hydrogens (tertiary/aromatic N) is 1. The van der Waals surface area contributed by atoms with Gasteiger partial charge in [-0.05, 0) is 63.2 Å². The highest BCUT2D eigenvalue weighted by Gasteiger charge is 2.51. The van der Waals surface area contributed by atoms with Crippen LogP contribution in [0.1, 0.15) is 66.2 Å². The van der Waals surface area contributed by atoms with Gasteiger partial charge >= 0.3 is 5.97 Å². The van der Waals surface area contributed by atoms with Crippen LogP contribution in [0, 0.1) is 29.1 Å². The molecule has 5 rings (SSSR count). The van der Waals surface area contributed by atoms with Gasteiger partial charge in [-0.15, -0.1) is 11.3 Å². The molecule has 0 saturated heterocycles. The van der Waals surface area contributed by atoms with E-state index in [-0.39, 0.29) is 5.97 Å². The topological polar surface area (TPSA) is 76.1 Å². The number of anilines is 1. The van der Waals surface area contributed by atoms with Crippen molar-refractivity contribution in [2.24, 2.45) is 17.8 Å². The molecule has 134 valence electrons. The van der Waals surface area contributed by atoms with E-state index in [4.69, 9.17) is 10.5 Å². The lowest BCUT2D eigenvalue weighted by Gasteiger charge is -2.56. The van der Waals surface area contributed by atoms with Crippen LogP contribution in [-0.2, 0) is 10.5 Å². The third-order valence-electron chi connectivity index (χ3n) is 6.11. The second kappa shape index (κ2) is 6.51. The molecule has 0 amide bonds. The maximum absolute atomic E-state index is 12.3. The highest BCUT2D eigenvalue weighted by molar-refractivity contribution is 7.99. The third kappa shape index (κ3) is 3.06. The summed E-state index contributed by atoms with van der Waals surface area (Å²) in [5.74, 6) is 3.03. The zero-order valence-electron chi connectivity index (χ0n) is 14.5. The van der Waals surface area contributed by atoms with Crippen molar-refractivity contribution in [2.75, 3.05) is 12.3 Å². The lowest BCUT2D eigenvalue weighted by atomic mass is 9.56. The molecule has 0 spiro atoms. The van der Waals surface area contributed by atoms with Crippen LogP contribution >= 0.6 is 23.1 Å². The van der Waals surface area contributed by atoms with Crippen molar-refractivity contribution in [1.29, 1.82) is 5.26 Å². The van der Waals surface area contributed by atoms with Crippen molar-refractivity contribution in [2.45, 2.75) is 55.9 Å². The van der Waals surface area contributed by atoms with Crippen LogP contribution in [0.3, 0.4) is 0 Å². The van der Waals surface area contributed by atoms with Gasteiger partial charge < -0.3 is 10.5 Å². The first-order valence-electron chi connectivity index (χ1n) is 9.16. The summed E-state index contributed by atoms with van der Waals surface area (Å²) in [6.45, 7) is 2.13. The van der Waals surface area contributed by atoms with E-state index in [1.807, 2.05) is 11.8 Å². The average molecular weight is 377 g/mol. The van der Waals surface area contributed by atoms with Crippen LogP contribution in [0.15, 0.2) is 0 Å². The average Bonchev–Trinajstić information content (AvgIpc) is 2.88. The number of ether oxygens (including phenoxy) is 1. The molecule has 1 heterocycles. The van der Waals surface area contributed by atoms with Gasteiger partial charge in [0.25, 0.3) is 0 Å². The van der Waals surface area contributed by atoms with E-state index in [2.05, 4.69) is 6.07 Å². The van der Waals surface area contributed by atoms with E-state index < -0.39 is 0 Å². The van der Waals surface area contributed by atoms with Crippen LogP contribution in [0.25, 0.3) is 0 Å². The number of hydrogen-bond donors (Lipinski definition) is 1. The van der Waals surface area contributed by atoms with Gasteiger partial charge in [-0.2, -0.15) is 17.0 Å². The van der Waals surface area contributed by atoms with Crippen LogP contribution < -0.4 is 5.73 Å². The Hall–Kier alpha value is -1.19. The number of thiophene rings is 1. The van der Waals surface area contributed by atoms with Crippen molar-refractivity contribution in [3.63, 3.8) is 0 Å². The Labute approximate surface area is 157 Å². The van der Waals surface area contributed by atoms with Crippen LogP contribution in [0.4, 0.5) is 5.00 Å². The van der Waals surface area contributed by atoms with Crippen molar-refractivity contribution < 1.29 is 9.53 Å². The molecule has 0 unspecified atom stereocenters. The Morgan fingerprint density at radius 1 is 1.32 bits per heavy atom. The second-order valence-electron chi connectivity index (χ2n) is 7.87. The van der Waals surface area contributed by atoms with Gasteiger partial charge in [0, 0.05) is 16.1 Å². The maximum atomic E-state index is 12.3. The van der Waals surface area contributed by atoms with Gasteiger partial charge in [0.2, 0.25) is 0 Å². The molecule has 4 fully saturated rings. The lowest BCUT2D eigenvalue weighted by molar-refractivity contribution is 0.0383. The predicted molar refractivity (Wildman–Crippen MR) is 102 cm³/mol. The summed E-state index contributed by atoms with van der Waals surface area (Å²) in [5, 5.41) is 9.94. The first-order chi connectivity index (χ1) is 12.0. The Balaban J connectivity index is 1.57. The standard InChI is InChI=1S/C19H24N2O2S2/c1-2-23-18(22)16-15(14(9-20)17(21)25-16)10-24-19-6-11-3-12(7-19)5-13(4-11)8-19/h11-13H,2-8,10,21H2,1H3. The van der Waals surface area contributed by atoms with Crippen molar-refractivity contribution in [1.82, 2.24) is 0 Å². The first-order valence-corrected chi connectivity index (χ1v) is 11.0. The molecular weight excluding hydrogens is 352 g/mol. The SMILES string of the molecule is CCOC(=O)c1sc(N)c(C#N)c1CSC12CC3CC(CC(C3)C1)C2. The summed E-state index contributed by atoms with van der Waals surface area (Å²) in [4.78, 5) is 12.8. The van der Waals surface area contributed by atoms with Gasteiger partial charge in [-0.3, -0.25) is 0 Å². The molecule has 1 aromatic heterocycles. The van der Waals surface area contributed by atoms with Crippen LogP contribution in [0.2, 0.25) is 0 Å². The Morgan fingerprint density at radius 2 is 1.92 bits per heavy atom. The van der Waals surface area contributed by atoms with E-state index in [1.54, 1.807) is 6.92 Å². The molecule has 6 heteroatoms. The fraction of sp³-hybridized carbons (Fsp3) is 0.684. The summed E-state index contributed by atoms with van der Waals surface area (Å²) >= 11 is 3.17. The number of hydrogen-bond acceptors (Lipinski definition) is 6. The van der Waals surface area contributed by atoms with E-state index in [1.165, 1.54) is 49.9 Å². The number of esters is 1. The molecule has 25 heavy (non-hydrogen) atoms. The quantitative estimate of drug-likeness (QED) is 0.761. The fourth-order valence-corrected chi connectivity index (χ4v) is 8.36. The van der Waals surface area contributed by atoms with Crippen molar-refractivity contribution in [3.8, 4) is 6.07 Å². The molecular formula is C19H24N2O2S2. The molecule has 4 aliphatic rings. The number of nitrogens with two attached hydrogens (primary N) is 1. The summed E-state index contributed by atoms with van der Waals surface area (Å²) in [5.41, 5.74) is 7.27. The molecule has 0 aliphatic heterocycles. The van der Waals surface area contributed by atoms with Gasteiger partial charge in [0.1, 0.15) is 15.9 Å². The van der Waals surface area contributed by atoms with E-state index in [9.17, 15) is 10.1 Å². The maximum Gasteiger partial charge on any atom is 0.348 e. The minimum Gasteiger partial charge on any atom is -0.462 e. The normalized spacial score (nSPS) is 32.6. The van der Waals surface area contributed by atoms with E-state index in [0.29, 0.717) is 32.5 Å². The predicted octanol–water partition coefficient (Wildman–Crippen LogP) is 4.58. The summed E-state index contributed by atoms with van der Waals surface area (Å²) < 4.78 is 5.53. The number of nitriles is 1. The van der Waals surface area contributed by atoms with Crippen molar-refractivity contribution in [3.05, 3.63) is 16.0 Å². The Morgan fingerprint density at radius 3 is 2.44 bits per heavy atom. The monoisotopic (exact) mass is 376 g/mol. The highest BCUT2D eigenvalue weighted by atomic mass is 32.2. The van der Waals surface area contributed by atoms with Crippen molar-refractivity contribution >= 4 is 34.1 Å². The second-order valence-corrected chi connectivity index (χ2v) is 10.4. The molecule has 0 atom stereocenters. The number of carbonyl (C=O) groups is 1. The van der Waals surface area contributed by atoms with Gasteiger partial charge in [0.15, 0.2) is 0 Å². The summed E-state index contributed by atoms with van der Waals surface area (Å²) in [7, 11) is 0. The molecule has 2 N–H and O–H groups in total. The highest BCUT2D eigenvalue weighted by Crippen LogP contribution is 2.61. The van der Waals surface area contributed by atoms with Crippen LogP contribution in [-0.4, -0.2) is 17.3 Å². The van der Waals surface area contributed by atoms with Gasteiger partial charge in [0.05, 0.1) is 12.2 Å². The Bertz CT molecular complexity index is 699. The number of thioether (sulfide) groups is 1. The lowest BCUT2D eigenvalue weighted by Crippen LogP contribution is -2.48. The largest absolute Gasteiger partial charge is 0.462 e. The molecule has 1 aromatic rings. The smallest absolute Gasteiger partial charge is 0.348 e. The minimum absolute atomic E-state index is 0.333. The van der Waals surface area contributed by atoms with E-state index in [0.717, 1.165) is 23.3 Å². The van der Waals surface area contributed by atoms with Gasteiger partial charge in [-0.1, -0.05) is 0 Å². The first kappa shape index (κ1) is 17.2. The van der Waals surface area contributed by atoms with E-state index >= 15 is 0 Å². The molecule has 0 radical (unpaired) electrons. The van der Waals surface area contributed by atoms with Crippen LogP contribution in [0.5, 0.6) is 0 Å². The molecule has 4 nitrogen and oxygen atoms in total. The summed E-state index contributed by atoms with van der Waals surface area (Å²) in [6, 6.07) is 2.20. The zero-order chi connectivity index (χ0) is 17.6. The number of nitrogen functional groups attached to an aromatic ring is 1. The molecule has 0 aromatic carbocycles. The molecule has 4 aliphatic carbocycles. The number of rotatable bonds is 5. The zero-order valence-corrected chi connectivity index (χ0v) is 16.2. The Kier molecular flexibility index (Phi) is 4.49. The van der Waals surface area contributed by atoms with Gasteiger partial charge in [-0.25, -0.2) is 4.79 Å². The number of carbonyl (C=O) groups excluding carboxylic acids is 1. The third-order valence-corrected chi connectivity index (χ3v) is 8.70. The fourth-order valence-electron chi connectivity index (χ4n) is 5.54.